The Kier molecular flexibility index (Phi) is 8.05. The fourth-order valence-corrected chi connectivity index (χ4v) is 0.665. The highest BCUT2D eigenvalue weighted by Gasteiger charge is 1.99. The second kappa shape index (κ2) is 8.49. The third-order valence-corrected chi connectivity index (χ3v) is 1.25. The van der Waals surface area contributed by atoms with E-state index < -0.39 is 0 Å². The first-order valence-electron chi connectivity index (χ1n) is 4.19. The number of nitrogens with one attached hydrogen (secondary N) is 1. The summed E-state index contributed by atoms with van der Waals surface area (Å²) in [6, 6.07) is 0. The first-order valence-corrected chi connectivity index (χ1v) is 4.19. The van der Waals surface area contributed by atoms with Crippen molar-refractivity contribution in [3.8, 4) is 0 Å². The van der Waals surface area contributed by atoms with E-state index in [1.165, 1.54) is 0 Å². The van der Waals surface area contributed by atoms with E-state index in [0.717, 1.165) is 6.54 Å². The summed E-state index contributed by atoms with van der Waals surface area (Å²) in [6.45, 7) is 4.12. The minimum atomic E-state index is -0.193. The van der Waals surface area contributed by atoms with Crippen LogP contribution in [0.25, 0.3) is 0 Å². The number of ether oxygens (including phenoxy) is 2. The first kappa shape index (κ1) is 11.4. The van der Waals surface area contributed by atoms with Gasteiger partial charge in [0.1, 0.15) is 0 Å². The third-order valence-electron chi connectivity index (χ3n) is 1.25. The molecule has 0 aliphatic heterocycles. The van der Waals surface area contributed by atoms with Gasteiger partial charge in [-0.3, -0.25) is 4.79 Å². The van der Waals surface area contributed by atoms with E-state index >= 15 is 0 Å². The van der Waals surface area contributed by atoms with Crippen molar-refractivity contribution in [1.29, 1.82) is 0 Å². The van der Waals surface area contributed by atoms with Crippen molar-refractivity contribution < 1.29 is 14.3 Å². The minimum absolute atomic E-state index is 0.193. The van der Waals surface area contributed by atoms with Crippen LogP contribution in [0, 0.1) is 0 Å². The minimum Gasteiger partial charge on any atom is -0.466 e. The van der Waals surface area contributed by atoms with Gasteiger partial charge in [0.25, 0.3) is 0 Å². The molecule has 72 valence electrons. The van der Waals surface area contributed by atoms with Gasteiger partial charge in [0, 0.05) is 6.54 Å². The number of esters is 1. The van der Waals surface area contributed by atoms with Crippen LogP contribution in [0.3, 0.4) is 0 Å². The molecule has 0 spiro atoms. The monoisotopic (exact) mass is 175 g/mol. The number of rotatable bonds is 7. The molecule has 0 saturated carbocycles. The molecule has 0 heterocycles. The van der Waals surface area contributed by atoms with Gasteiger partial charge >= 0.3 is 5.97 Å². The smallest absolute Gasteiger partial charge is 0.308 e. The second-order valence-corrected chi connectivity index (χ2v) is 2.27. The van der Waals surface area contributed by atoms with Crippen LogP contribution in [0.4, 0.5) is 0 Å². The Balaban J connectivity index is 3.03. The van der Waals surface area contributed by atoms with Crippen LogP contribution in [-0.4, -0.2) is 39.4 Å². The van der Waals surface area contributed by atoms with Gasteiger partial charge in [-0.15, -0.1) is 0 Å². The average Bonchev–Trinajstić information content (AvgIpc) is 2.05. The maximum atomic E-state index is 10.8. The molecule has 0 radical (unpaired) electrons. The molecule has 0 rings (SSSR count). The van der Waals surface area contributed by atoms with Crippen molar-refractivity contribution in [1.82, 2.24) is 5.32 Å². The summed E-state index contributed by atoms with van der Waals surface area (Å²) in [5.74, 6) is -0.193. The largest absolute Gasteiger partial charge is 0.466 e. The number of carbonyl (C=O) groups is 1. The Morgan fingerprint density at radius 1 is 1.42 bits per heavy atom. The normalized spacial score (nSPS) is 9.83. The highest BCUT2D eigenvalue weighted by atomic mass is 16.5. The lowest BCUT2D eigenvalue weighted by molar-refractivity contribution is -0.144. The molecule has 4 nitrogen and oxygen atoms in total. The lowest BCUT2D eigenvalue weighted by atomic mass is 10.5. The molecule has 0 fully saturated rings. The summed E-state index contributed by atoms with van der Waals surface area (Å²) in [4.78, 5) is 10.8. The Morgan fingerprint density at radius 2 is 2.17 bits per heavy atom. The second-order valence-electron chi connectivity index (χ2n) is 2.27. The summed E-state index contributed by atoms with van der Waals surface area (Å²) in [6.07, 6.45) is 0.345. The summed E-state index contributed by atoms with van der Waals surface area (Å²) in [5.41, 5.74) is 0. The Hall–Kier alpha value is -0.610. The van der Waals surface area contributed by atoms with Crippen molar-refractivity contribution in [2.75, 3.05) is 33.4 Å². The fraction of sp³-hybridized carbons (Fsp3) is 0.875. The highest BCUT2D eigenvalue weighted by Crippen LogP contribution is 1.87. The lowest BCUT2D eigenvalue weighted by Crippen LogP contribution is -2.16. The molecular formula is C8H17NO3. The molecule has 4 heteroatoms. The summed E-state index contributed by atoms with van der Waals surface area (Å²) in [5, 5.41) is 2.94. The molecular weight excluding hydrogens is 158 g/mol. The average molecular weight is 175 g/mol. The molecule has 0 saturated heterocycles. The molecule has 12 heavy (non-hydrogen) atoms. The van der Waals surface area contributed by atoms with Gasteiger partial charge in [-0.2, -0.15) is 0 Å². The zero-order valence-corrected chi connectivity index (χ0v) is 7.76. The van der Waals surface area contributed by atoms with Crippen LogP contribution in [0.2, 0.25) is 0 Å². The van der Waals surface area contributed by atoms with Crippen LogP contribution >= 0.6 is 0 Å². The van der Waals surface area contributed by atoms with Crippen LogP contribution in [0.1, 0.15) is 13.3 Å². The summed E-state index contributed by atoms with van der Waals surface area (Å²) < 4.78 is 9.84. The molecule has 0 unspecified atom stereocenters. The number of likely N-dealkylation sites (N-methyl/N-ethyl adjacent to an activating group) is 1. The molecule has 0 aliphatic carbocycles. The number of hydrogen-bond donors (Lipinski definition) is 1. The molecule has 0 amide bonds. The van der Waals surface area contributed by atoms with E-state index in [4.69, 9.17) is 9.47 Å². The molecule has 0 aromatic rings. The summed E-state index contributed by atoms with van der Waals surface area (Å²) in [7, 11) is 1.86. The standard InChI is InChI=1S/C8H17NO3/c1-3-12-8(10)4-6-11-7-5-9-2/h9H,3-7H2,1-2H3. The topological polar surface area (TPSA) is 47.6 Å². The molecule has 0 bridgehead atoms. The number of carbonyl (C=O) groups excluding carboxylic acids is 1. The molecule has 0 aliphatic rings. The van der Waals surface area contributed by atoms with E-state index in [2.05, 4.69) is 5.32 Å². The Bertz CT molecular complexity index is 117. The zero-order chi connectivity index (χ0) is 9.23. The SMILES string of the molecule is CCOC(=O)CCOCCNC. The van der Waals surface area contributed by atoms with Crippen LogP contribution < -0.4 is 5.32 Å². The third kappa shape index (κ3) is 7.50. The molecule has 0 atom stereocenters. The Labute approximate surface area is 73.2 Å². The maximum absolute atomic E-state index is 10.8. The molecule has 1 N–H and O–H groups in total. The van der Waals surface area contributed by atoms with Gasteiger partial charge in [-0.25, -0.2) is 0 Å². The first-order chi connectivity index (χ1) is 5.81. The van der Waals surface area contributed by atoms with E-state index in [1.807, 2.05) is 7.05 Å². The van der Waals surface area contributed by atoms with Crippen LogP contribution in [0.5, 0.6) is 0 Å². The van der Waals surface area contributed by atoms with E-state index in [0.29, 0.717) is 26.2 Å². The number of hydrogen-bond acceptors (Lipinski definition) is 4. The van der Waals surface area contributed by atoms with E-state index in [9.17, 15) is 4.79 Å². The fourth-order valence-electron chi connectivity index (χ4n) is 0.665. The summed E-state index contributed by atoms with van der Waals surface area (Å²) >= 11 is 0. The van der Waals surface area contributed by atoms with Gasteiger partial charge < -0.3 is 14.8 Å². The van der Waals surface area contributed by atoms with Gasteiger partial charge in [0.05, 0.1) is 26.2 Å². The van der Waals surface area contributed by atoms with Crippen molar-refractivity contribution in [2.24, 2.45) is 0 Å². The van der Waals surface area contributed by atoms with Crippen molar-refractivity contribution in [3.05, 3.63) is 0 Å². The molecule has 0 aromatic carbocycles. The lowest BCUT2D eigenvalue weighted by Gasteiger charge is -2.03. The van der Waals surface area contributed by atoms with Crippen molar-refractivity contribution in [3.63, 3.8) is 0 Å². The van der Waals surface area contributed by atoms with Gasteiger partial charge in [0.2, 0.25) is 0 Å². The molecule has 0 aromatic heterocycles. The Morgan fingerprint density at radius 3 is 2.75 bits per heavy atom. The maximum Gasteiger partial charge on any atom is 0.308 e. The van der Waals surface area contributed by atoms with E-state index in [1.54, 1.807) is 6.92 Å². The van der Waals surface area contributed by atoms with Crippen LogP contribution in [0.15, 0.2) is 0 Å². The zero-order valence-electron chi connectivity index (χ0n) is 7.76. The highest BCUT2D eigenvalue weighted by molar-refractivity contribution is 5.69. The predicted molar refractivity (Wildman–Crippen MR) is 46.0 cm³/mol. The van der Waals surface area contributed by atoms with Crippen molar-refractivity contribution in [2.45, 2.75) is 13.3 Å². The van der Waals surface area contributed by atoms with E-state index in [-0.39, 0.29) is 5.97 Å². The van der Waals surface area contributed by atoms with Gasteiger partial charge in [-0.1, -0.05) is 0 Å². The quantitative estimate of drug-likeness (QED) is 0.443. The van der Waals surface area contributed by atoms with Crippen molar-refractivity contribution >= 4 is 5.97 Å². The van der Waals surface area contributed by atoms with Gasteiger partial charge in [0.15, 0.2) is 0 Å². The predicted octanol–water partition coefficient (Wildman–Crippen LogP) is 0.176. The van der Waals surface area contributed by atoms with Crippen LogP contribution in [-0.2, 0) is 14.3 Å². The van der Waals surface area contributed by atoms with Gasteiger partial charge in [-0.05, 0) is 14.0 Å².